The summed E-state index contributed by atoms with van der Waals surface area (Å²) in [5.41, 5.74) is 6.63. The van der Waals surface area contributed by atoms with Gasteiger partial charge in [-0.1, -0.05) is 0 Å². The Balaban J connectivity index is 2.81. The summed E-state index contributed by atoms with van der Waals surface area (Å²) in [5, 5.41) is 2.46. The molecule has 0 saturated carbocycles. The van der Waals surface area contributed by atoms with Gasteiger partial charge in [-0.2, -0.15) is 0 Å². The fourth-order valence-electron chi connectivity index (χ4n) is 1.26. The van der Waals surface area contributed by atoms with Crippen molar-refractivity contribution in [2.45, 2.75) is 0 Å². The van der Waals surface area contributed by atoms with Crippen molar-refractivity contribution >= 4 is 33.4 Å². The number of nitrogen functional groups attached to an aromatic ring is 1. The van der Waals surface area contributed by atoms with Gasteiger partial charge in [0.2, 0.25) is 5.91 Å². The van der Waals surface area contributed by atoms with Gasteiger partial charge in [0.25, 0.3) is 5.91 Å². The number of likely N-dealkylation sites (N-methyl/N-ethyl adjacent to an activating group) is 2. The van der Waals surface area contributed by atoms with Crippen LogP contribution in [0.3, 0.4) is 0 Å². The van der Waals surface area contributed by atoms with Crippen molar-refractivity contribution in [3.8, 4) is 0 Å². The number of benzene rings is 1. The molecule has 0 saturated heterocycles. The lowest BCUT2D eigenvalue weighted by Crippen LogP contribution is -2.36. The first-order valence-corrected chi connectivity index (χ1v) is 5.76. The molecule has 0 radical (unpaired) electrons. The number of nitrogens with one attached hydrogen (secondary N) is 1. The topological polar surface area (TPSA) is 75.4 Å². The van der Waals surface area contributed by atoms with Crippen LogP contribution in [-0.4, -0.2) is 37.4 Å². The van der Waals surface area contributed by atoms with Crippen LogP contribution in [0.25, 0.3) is 0 Å². The SMILES string of the molecule is CNC(=O)CN(C)C(=O)c1ccc(Br)c(N)c1. The number of carbonyl (C=O) groups excluding carboxylic acids is 2. The zero-order chi connectivity index (χ0) is 13.0. The summed E-state index contributed by atoms with van der Waals surface area (Å²) in [4.78, 5) is 24.4. The Morgan fingerprint density at radius 3 is 2.65 bits per heavy atom. The number of nitrogens with two attached hydrogens (primary N) is 1. The van der Waals surface area contributed by atoms with E-state index in [-0.39, 0.29) is 18.4 Å². The molecule has 0 heterocycles. The molecule has 1 rings (SSSR count). The molecule has 0 bridgehead atoms. The van der Waals surface area contributed by atoms with E-state index in [0.29, 0.717) is 11.3 Å². The average molecular weight is 300 g/mol. The van der Waals surface area contributed by atoms with Gasteiger partial charge in [0.05, 0.1) is 6.54 Å². The molecule has 0 aliphatic rings. The van der Waals surface area contributed by atoms with Gasteiger partial charge in [-0.05, 0) is 34.1 Å². The van der Waals surface area contributed by atoms with Gasteiger partial charge in [-0.25, -0.2) is 0 Å². The van der Waals surface area contributed by atoms with E-state index in [1.807, 2.05) is 0 Å². The molecule has 0 atom stereocenters. The molecule has 17 heavy (non-hydrogen) atoms. The second-order valence-corrected chi connectivity index (χ2v) is 4.43. The quantitative estimate of drug-likeness (QED) is 0.813. The Kier molecular flexibility index (Phi) is 4.51. The second-order valence-electron chi connectivity index (χ2n) is 3.57. The third kappa shape index (κ3) is 3.45. The van der Waals surface area contributed by atoms with Crippen molar-refractivity contribution in [3.63, 3.8) is 0 Å². The van der Waals surface area contributed by atoms with Crippen LogP contribution in [0.1, 0.15) is 10.4 Å². The molecule has 6 heteroatoms. The summed E-state index contributed by atoms with van der Waals surface area (Å²) in [7, 11) is 3.09. The summed E-state index contributed by atoms with van der Waals surface area (Å²) in [6.45, 7) is 0.0191. The van der Waals surface area contributed by atoms with Crippen LogP contribution in [0.4, 0.5) is 5.69 Å². The first-order valence-electron chi connectivity index (χ1n) is 4.96. The van der Waals surface area contributed by atoms with E-state index in [9.17, 15) is 9.59 Å². The van der Waals surface area contributed by atoms with Crippen LogP contribution in [0, 0.1) is 0 Å². The maximum absolute atomic E-state index is 11.9. The van der Waals surface area contributed by atoms with Gasteiger partial charge in [0.15, 0.2) is 0 Å². The predicted octanol–water partition coefficient (Wildman–Crippen LogP) is 0.849. The van der Waals surface area contributed by atoms with E-state index in [0.717, 1.165) is 4.47 Å². The Labute approximate surface area is 108 Å². The molecular formula is C11H14BrN3O2. The number of hydrogen-bond acceptors (Lipinski definition) is 3. The van der Waals surface area contributed by atoms with Crippen LogP contribution >= 0.6 is 15.9 Å². The summed E-state index contributed by atoms with van der Waals surface area (Å²) in [6.07, 6.45) is 0. The van der Waals surface area contributed by atoms with Crippen molar-refractivity contribution in [3.05, 3.63) is 28.2 Å². The van der Waals surface area contributed by atoms with Crippen LogP contribution in [0.5, 0.6) is 0 Å². The number of hydrogen-bond donors (Lipinski definition) is 2. The maximum atomic E-state index is 11.9. The molecule has 0 fully saturated rings. The fourth-order valence-corrected chi connectivity index (χ4v) is 1.51. The van der Waals surface area contributed by atoms with E-state index in [1.165, 1.54) is 11.9 Å². The minimum atomic E-state index is -0.243. The third-order valence-corrected chi connectivity index (χ3v) is 2.97. The maximum Gasteiger partial charge on any atom is 0.254 e. The number of halogens is 1. The van der Waals surface area contributed by atoms with Gasteiger partial charge in [-0.15, -0.1) is 0 Å². The zero-order valence-electron chi connectivity index (χ0n) is 9.66. The largest absolute Gasteiger partial charge is 0.398 e. The molecule has 3 N–H and O–H groups in total. The average Bonchev–Trinajstić information content (AvgIpc) is 2.31. The van der Waals surface area contributed by atoms with Crippen LogP contribution in [0.2, 0.25) is 0 Å². The predicted molar refractivity (Wildman–Crippen MR) is 69.6 cm³/mol. The number of amides is 2. The normalized spacial score (nSPS) is 9.82. The Hall–Kier alpha value is -1.56. The summed E-state index contributed by atoms with van der Waals surface area (Å²) < 4.78 is 0.739. The first-order chi connectivity index (χ1) is 7.95. The van der Waals surface area contributed by atoms with Gasteiger partial charge in [0.1, 0.15) is 0 Å². The monoisotopic (exact) mass is 299 g/mol. The third-order valence-electron chi connectivity index (χ3n) is 2.25. The van der Waals surface area contributed by atoms with Crippen molar-refractivity contribution < 1.29 is 9.59 Å². The highest BCUT2D eigenvalue weighted by atomic mass is 79.9. The number of anilines is 1. The zero-order valence-corrected chi connectivity index (χ0v) is 11.2. The molecule has 0 aliphatic carbocycles. The van der Waals surface area contributed by atoms with Gasteiger partial charge < -0.3 is 16.0 Å². The number of carbonyl (C=O) groups is 2. The second kappa shape index (κ2) is 5.67. The van der Waals surface area contributed by atoms with E-state index < -0.39 is 0 Å². The summed E-state index contributed by atoms with van der Waals surface area (Å²) in [6, 6.07) is 4.94. The molecule has 0 aliphatic heterocycles. The van der Waals surface area contributed by atoms with Gasteiger partial charge >= 0.3 is 0 Å². The molecular weight excluding hydrogens is 286 g/mol. The standard InChI is InChI=1S/C11H14BrN3O2/c1-14-10(16)6-15(2)11(17)7-3-4-8(12)9(13)5-7/h3-5H,6,13H2,1-2H3,(H,14,16). The van der Waals surface area contributed by atoms with E-state index in [2.05, 4.69) is 21.2 Å². The molecule has 0 unspecified atom stereocenters. The minimum Gasteiger partial charge on any atom is -0.398 e. The first kappa shape index (κ1) is 13.5. The summed E-state index contributed by atoms with van der Waals surface area (Å²) in [5.74, 6) is -0.460. The molecule has 2 amide bonds. The van der Waals surface area contributed by atoms with Crippen LogP contribution < -0.4 is 11.1 Å². The minimum absolute atomic E-state index is 0.0191. The molecule has 92 valence electrons. The summed E-state index contributed by atoms with van der Waals surface area (Å²) >= 11 is 3.25. The molecule has 5 nitrogen and oxygen atoms in total. The fraction of sp³-hybridized carbons (Fsp3) is 0.273. The molecule has 1 aromatic carbocycles. The van der Waals surface area contributed by atoms with Crippen LogP contribution in [-0.2, 0) is 4.79 Å². The van der Waals surface area contributed by atoms with Crippen molar-refractivity contribution in [1.29, 1.82) is 0 Å². The van der Waals surface area contributed by atoms with E-state index in [4.69, 9.17) is 5.73 Å². The van der Waals surface area contributed by atoms with Crippen molar-refractivity contribution in [2.24, 2.45) is 0 Å². The van der Waals surface area contributed by atoms with E-state index in [1.54, 1.807) is 25.2 Å². The Morgan fingerprint density at radius 1 is 1.47 bits per heavy atom. The highest BCUT2D eigenvalue weighted by molar-refractivity contribution is 9.10. The van der Waals surface area contributed by atoms with Crippen molar-refractivity contribution in [1.82, 2.24) is 10.2 Å². The Bertz CT molecular complexity index is 448. The van der Waals surface area contributed by atoms with Crippen LogP contribution in [0.15, 0.2) is 22.7 Å². The molecule has 0 aromatic heterocycles. The number of nitrogens with zero attached hydrogens (tertiary/aromatic N) is 1. The van der Waals surface area contributed by atoms with Crippen molar-refractivity contribution in [2.75, 3.05) is 26.4 Å². The van der Waals surface area contributed by atoms with Gasteiger partial charge in [0, 0.05) is 29.8 Å². The smallest absolute Gasteiger partial charge is 0.254 e. The molecule has 0 spiro atoms. The molecule has 1 aromatic rings. The lowest BCUT2D eigenvalue weighted by molar-refractivity contribution is -0.121. The number of rotatable bonds is 3. The highest BCUT2D eigenvalue weighted by Crippen LogP contribution is 2.20. The highest BCUT2D eigenvalue weighted by Gasteiger charge is 2.14. The lowest BCUT2D eigenvalue weighted by Gasteiger charge is -2.16. The Morgan fingerprint density at radius 2 is 2.12 bits per heavy atom. The van der Waals surface area contributed by atoms with Gasteiger partial charge in [-0.3, -0.25) is 9.59 Å². The lowest BCUT2D eigenvalue weighted by atomic mass is 10.2. The van der Waals surface area contributed by atoms with E-state index >= 15 is 0 Å².